The van der Waals surface area contributed by atoms with Gasteiger partial charge in [-0.15, -0.1) is 0 Å². The maximum Gasteiger partial charge on any atom is 0.368 e. The first-order valence-electron chi connectivity index (χ1n) is 3.62. The predicted octanol–water partition coefficient (Wildman–Crippen LogP) is -1.22. The first-order chi connectivity index (χ1) is 6.20. The summed E-state index contributed by atoms with van der Waals surface area (Å²) >= 11 is 0. The van der Waals surface area contributed by atoms with Crippen LogP contribution in [0.3, 0.4) is 0 Å². The van der Waals surface area contributed by atoms with E-state index in [0.29, 0.717) is 0 Å². The molecular weight excluding hydrogens is 174 g/mol. The number of rotatable bonds is 1. The van der Waals surface area contributed by atoms with Crippen LogP contribution in [0.4, 0.5) is 0 Å². The number of aliphatic hydroxyl groups is 2. The van der Waals surface area contributed by atoms with E-state index in [9.17, 15) is 4.79 Å². The van der Waals surface area contributed by atoms with Gasteiger partial charge in [-0.25, -0.2) is 13.8 Å². The monoisotopic (exact) mass is 181 g/mol. The Morgan fingerprint density at radius 2 is 1.85 bits per heavy atom. The molecule has 0 aliphatic rings. The van der Waals surface area contributed by atoms with Crippen LogP contribution in [0, 0.1) is 0 Å². The highest BCUT2D eigenvalue weighted by Gasteiger charge is 2.12. The van der Waals surface area contributed by atoms with E-state index in [4.69, 9.17) is 10.2 Å². The lowest BCUT2D eigenvalue weighted by atomic mass is 10.5. The summed E-state index contributed by atoms with van der Waals surface area (Å²) in [5.74, 6) is -0.0920. The van der Waals surface area contributed by atoms with E-state index in [1.54, 1.807) is 12.1 Å². The molecule has 13 heavy (non-hydrogen) atoms. The third-order valence-corrected chi connectivity index (χ3v) is 1.67. The van der Waals surface area contributed by atoms with Crippen molar-refractivity contribution in [2.24, 2.45) is 0 Å². The van der Waals surface area contributed by atoms with Crippen molar-refractivity contribution in [2.75, 3.05) is 0 Å². The quantitative estimate of drug-likeness (QED) is 0.540. The Bertz CT molecular complexity index is 485. The number of nitrogens with zero attached hydrogens (tertiary/aromatic N) is 3. The van der Waals surface area contributed by atoms with Gasteiger partial charge in [-0.2, -0.15) is 4.98 Å². The second-order valence-corrected chi connectivity index (χ2v) is 2.50. The van der Waals surface area contributed by atoms with Gasteiger partial charge in [0.05, 0.1) is 0 Å². The molecule has 0 bridgehead atoms. The van der Waals surface area contributed by atoms with E-state index in [-0.39, 0.29) is 5.82 Å². The van der Waals surface area contributed by atoms with Crippen LogP contribution in [0.1, 0.15) is 12.1 Å². The molecule has 0 spiro atoms. The van der Waals surface area contributed by atoms with E-state index < -0.39 is 12.0 Å². The van der Waals surface area contributed by atoms with Crippen molar-refractivity contribution in [3.63, 3.8) is 0 Å². The van der Waals surface area contributed by atoms with Crippen LogP contribution in [0.2, 0.25) is 0 Å². The molecule has 6 nitrogen and oxygen atoms in total. The van der Waals surface area contributed by atoms with E-state index in [0.717, 1.165) is 0 Å². The van der Waals surface area contributed by atoms with Crippen molar-refractivity contribution in [1.29, 1.82) is 0 Å². The first-order valence-corrected chi connectivity index (χ1v) is 3.62. The Hall–Kier alpha value is -1.66. The Balaban J connectivity index is 2.86. The van der Waals surface area contributed by atoms with Crippen LogP contribution in [-0.4, -0.2) is 24.2 Å². The summed E-state index contributed by atoms with van der Waals surface area (Å²) in [6.45, 7) is 0. The number of hydrogen-bond acceptors (Lipinski definition) is 4. The van der Waals surface area contributed by atoms with Gasteiger partial charge in [0, 0.05) is 12.4 Å². The lowest BCUT2D eigenvalue weighted by Gasteiger charge is -2.00. The van der Waals surface area contributed by atoms with Crippen molar-refractivity contribution >= 4 is 0 Å². The highest BCUT2D eigenvalue weighted by atomic mass is 16.5. The molecule has 2 rings (SSSR count). The Labute approximate surface area is 72.3 Å². The number of hydrogen-bond donors (Lipinski definition) is 2. The zero-order chi connectivity index (χ0) is 9.42. The third-order valence-electron chi connectivity index (χ3n) is 1.67. The summed E-state index contributed by atoms with van der Waals surface area (Å²) in [4.78, 5) is 14.6. The maximum atomic E-state index is 11.1. The van der Waals surface area contributed by atoms with E-state index in [1.165, 1.54) is 21.4 Å². The van der Waals surface area contributed by atoms with Gasteiger partial charge in [0.1, 0.15) is 0 Å². The molecule has 0 aliphatic heterocycles. The summed E-state index contributed by atoms with van der Waals surface area (Å²) in [5, 5.41) is 17.7. The average molecular weight is 181 g/mol. The lowest BCUT2D eigenvalue weighted by molar-refractivity contribution is -0.0505. The van der Waals surface area contributed by atoms with Crippen LogP contribution in [-0.2, 0) is 0 Å². The molecule has 0 saturated heterocycles. The van der Waals surface area contributed by atoms with Gasteiger partial charge >= 0.3 is 5.69 Å². The minimum absolute atomic E-state index is 0.0920. The van der Waals surface area contributed by atoms with Gasteiger partial charge in [-0.05, 0) is 12.1 Å². The van der Waals surface area contributed by atoms with Crippen LogP contribution in [0.5, 0.6) is 0 Å². The summed E-state index contributed by atoms with van der Waals surface area (Å²) in [6.07, 6.45) is 1.26. The minimum Gasteiger partial charge on any atom is -0.362 e. The summed E-state index contributed by atoms with van der Waals surface area (Å²) < 4.78 is 2.45. The maximum absolute atomic E-state index is 11.1. The average Bonchev–Trinajstić information content (AvgIpc) is 2.45. The molecule has 2 aromatic rings. The fraction of sp³-hybridized carbons (Fsp3) is 0.143. The molecule has 0 atom stereocenters. The van der Waals surface area contributed by atoms with Crippen LogP contribution in [0.15, 0.2) is 29.3 Å². The molecule has 0 amide bonds. The lowest BCUT2D eigenvalue weighted by Crippen LogP contribution is -2.11. The van der Waals surface area contributed by atoms with Gasteiger partial charge in [0.25, 0.3) is 0 Å². The molecule has 0 aromatic carbocycles. The van der Waals surface area contributed by atoms with Crippen molar-refractivity contribution in [3.05, 3.63) is 40.8 Å². The normalized spacial score (nSPS) is 11.3. The molecule has 0 unspecified atom stereocenters. The van der Waals surface area contributed by atoms with E-state index >= 15 is 0 Å². The summed E-state index contributed by atoms with van der Waals surface area (Å²) in [5.41, 5.74) is -0.538. The Kier molecular flexibility index (Phi) is 1.64. The second-order valence-electron chi connectivity index (χ2n) is 2.50. The molecule has 2 N–H and O–H groups in total. The Morgan fingerprint density at radius 3 is 2.46 bits per heavy atom. The van der Waals surface area contributed by atoms with Crippen molar-refractivity contribution in [2.45, 2.75) is 6.29 Å². The van der Waals surface area contributed by atoms with Gasteiger partial charge in [0.2, 0.25) is 6.29 Å². The zero-order valence-electron chi connectivity index (χ0n) is 6.53. The van der Waals surface area contributed by atoms with E-state index in [1.807, 2.05) is 0 Å². The smallest absolute Gasteiger partial charge is 0.362 e. The second kappa shape index (κ2) is 2.68. The van der Waals surface area contributed by atoms with Crippen molar-refractivity contribution < 1.29 is 10.2 Å². The summed E-state index contributed by atoms with van der Waals surface area (Å²) in [7, 11) is 0. The molecular formula is C7H7N3O3. The number of aromatic nitrogens is 3. The third kappa shape index (κ3) is 1.12. The Morgan fingerprint density at radius 1 is 1.23 bits per heavy atom. The molecule has 0 radical (unpaired) electrons. The van der Waals surface area contributed by atoms with Crippen molar-refractivity contribution in [3.8, 4) is 0 Å². The topological polar surface area (TPSA) is 79.2 Å². The van der Waals surface area contributed by atoms with Crippen LogP contribution in [0.25, 0.3) is 0 Å². The largest absolute Gasteiger partial charge is 0.368 e. The molecule has 6 heteroatoms. The van der Waals surface area contributed by atoms with Crippen LogP contribution < -0.4 is 5.69 Å². The summed E-state index contributed by atoms with van der Waals surface area (Å²) in [6, 6.07) is 3.31. The van der Waals surface area contributed by atoms with Crippen molar-refractivity contribution in [1.82, 2.24) is 14.0 Å². The van der Waals surface area contributed by atoms with Gasteiger partial charge in [0.15, 0.2) is 5.82 Å². The molecule has 0 fully saturated rings. The minimum atomic E-state index is -1.75. The highest BCUT2D eigenvalue weighted by molar-refractivity contribution is 4.96. The fourth-order valence-electron chi connectivity index (χ4n) is 1.13. The molecule has 2 heterocycles. The standard InChI is InChI=1S/C7H7N3O3/c11-6(12)5-8-7(13)10-4-2-1-3-9(5)10/h1-4,6,11-12H. The SMILES string of the molecule is O=c1nc(C(O)O)n2ccccn12. The molecule has 68 valence electrons. The molecule has 0 aliphatic carbocycles. The van der Waals surface area contributed by atoms with Gasteiger partial charge in [-0.1, -0.05) is 0 Å². The molecule has 0 saturated carbocycles. The number of fused-ring (bicyclic) bond motifs is 1. The first kappa shape index (κ1) is 7.96. The number of aliphatic hydroxyl groups excluding tert-OH is 1. The highest BCUT2D eigenvalue weighted by Crippen LogP contribution is 2.02. The van der Waals surface area contributed by atoms with Gasteiger partial charge in [-0.3, -0.25) is 0 Å². The predicted molar refractivity (Wildman–Crippen MR) is 42.1 cm³/mol. The fourth-order valence-corrected chi connectivity index (χ4v) is 1.13. The molecule has 2 aromatic heterocycles. The van der Waals surface area contributed by atoms with Gasteiger partial charge < -0.3 is 10.2 Å². The van der Waals surface area contributed by atoms with E-state index in [2.05, 4.69) is 4.98 Å². The van der Waals surface area contributed by atoms with Crippen LogP contribution >= 0.6 is 0 Å². The zero-order valence-corrected chi connectivity index (χ0v) is 6.53.